The van der Waals surface area contributed by atoms with E-state index >= 15 is 0 Å². The smallest absolute Gasteiger partial charge is 0.323 e. The highest BCUT2D eigenvalue weighted by Gasteiger charge is 2.16. The van der Waals surface area contributed by atoms with E-state index in [1.54, 1.807) is 7.05 Å². The topological polar surface area (TPSA) is 107 Å². The van der Waals surface area contributed by atoms with Crippen molar-refractivity contribution in [3.8, 4) is 0 Å². The Morgan fingerprint density at radius 3 is 2.30 bits per heavy atom. The van der Waals surface area contributed by atoms with Gasteiger partial charge in [0, 0.05) is 6.42 Å². The largest absolute Gasteiger partial charge is 0.468 e. The number of carbonyl (C=O) groups excluding carboxylic acids is 2. The van der Waals surface area contributed by atoms with Crippen LogP contribution in [0.15, 0.2) is 30.3 Å². The monoisotopic (exact) mass is 281 g/mol. The molecule has 0 heterocycles. The van der Waals surface area contributed by atoms with Gasteiger partial charge in [0.05, 0.1) is 13.3 Å². The van der Waals surface area contributed by atoms with Crippen molar-refractivity contribution in [2.24, 2.45) is 11.5 Å². The Morgan fingerprint density at radius 1 is 1.35 bits per heavy atom. The average Bonchev–Trinajstić information content (AvgIpc) is 2.45. The van der Waals surface area contributed by atoms with Crippen molar-refractivity contribution < 1.29 is 14.3 Å². The quantitative estimate of drug-likeness (QED) is 0.379. The van der Waals surface area contributed by atoms with Crippen LogP contribution >= 0.6 is 0 Å². The fourth-order valence-electron chi connectivity index (χ4n) is 1.41. The van der Waals surface area contributed by atoms with Gasteiger partial charge in [0.1, 0.15) is 12.3 Å². The summed E-state index contributed by atoms with van der Waals surface area (Å²) in [5, 5.41) is 2.93. The molecule has 1 rings (SSSR count). The number of aldehydes is 1. The third kappa shape index (κ3) is 8.36. The van der Waals surface area contributed by atoms with Gasteiger partial charge < -0.3 is 26.3 Å². The number of rotatable bonds is 6. The van der Waals surface area contributed by atoms with Crippen LogP contribution < -0.4 is 16.8 Å². The Bertz CT molecular complexity index is 383. The molecular weight excluding hydrogens is 258 g/mol. The minimum absolute atomic E-state index is 0.226. The molecule has 1 aromatic rings. The normalized spacial score (nSPS) is 11.2. The SMILES string of the molecule is CNC(Cc1ccccc1)C(=O)OC.NC(N)CC=O. The molecule has 1 aromatic carbocycles. The molecule has 0 saturated carbocycles. The maximum absolute atomic E-state index is 11.3. The van der Waals surface area contributed by atoms with Crippen molar-refractivity contribution in [2.45, 2.75) is 25.0 Å². The lowest BCUT2D eigenvalue weighted by Gasteiger charge is -2.13. The summed E-state index contributed by atoms with van der Waals surface area (Å²) in [6, 6.07) is 9.59. The number of hydrogen-bond acceptors (Lipinski definition) is 6. The molecule has 1 unspecified atom stereocenters. The number of carbonyl (C=O) groups is 2. The van der Waals surface area contributed by atoms with Gasteiger partial charge in [0.25, 0.3) is 0 Å². The minimum Gasteiger partial charge on any atom is -0.468 e. The van der Waals surface area contributed by atoms with Crippen molar-refractivity contribution in [3.63, 3.8) is 0 Å². The van der Waals surface area contributed by atoms with E-state index in [4.69, 9.17) is 11.5 Å². The number of esters is 1. The number of hydrogen-bond donors (Lipinski definition) is 3. The predicted molar refractivity (Wildman–Crippen MR) is 77.9 cm³/mol. The van der Waals surface area contributed by atoms with Crippen molar-refractivity contribution in [1.82, 2.24) is 5.32 Å². The molecule has 0 aliphatic carbocycles. The van der Waals surface area contributed by atoms with Gasteiger partial charge in [-0.15, -0.1) is 0 Å². The fourth-order valence-corrected chi connectivity index (χ4v) is 1.41. The van der Waals surface area contributed by atoms with Gasteiger partial charge in [-0.2, -0.15) is 0 Å². The Hall–Kier alpha value is -1.76. The molecule has 0 radical (unpaired) electrons. The predicted octanol–water partition coefficient (Wildman–Crippen LogP) is -0.191. The first-order valence-electron chi connectivity index (χ1n) is 6.29. The first-order valence-corrected chi connectivity index (χ1v) is 6.29. The van der Waals surface area contributed by atoms with Crippen LogP contribution in [0.5, 0.6) is 0 Å². The van der Waals surface area contributed by atoms with Gasteiger partial charge in [-0.25, -0.2) is 0 Å². The van der Waals surface area contributed by atoms with Crippen LogP contribution in [-0.2, 0) is 20.7 Å². The maximum Gasteiger partial charge on any atom is 0.323 e. The third-order valence-electron chi connectivity index (χ3n) is 2.49. The van der Waals surface area contributed by atoms with Crippen LogP contribution in [0.4, 0.5) is 0 Å². The number of methoxy groups -OCH3 is 1. The van der Waals surface area contributed by atoms with Crippen LogP contribution in [-0.4, -0.2) is 38.6 Å². The Kier molecular flexibility index (Phi) is 10.1. The van der Waals surface area contributed by atoms with Gasteiger partial charge in [0.15, 0.2) is 0 Å². The number of nitrogens with two attached hydrogens (primary N) is 2. The van der Waals surface area contributed by atoms with Crippen molar-refractivity contribution in [1.29, 1.82) is 0 Å². The molecule has 5 N–H and O–H groups in total. The summed E-state index contributed by atoms with van der Waals surface area (Å²) in [5.74, 6) is -0.226. The van der Waals surface area contributed by atoms with Gasteiger partial charge in [0.2, 0.25) is 0 Å². The van der Waals surface area contributed by atoms with E-state index in [1.165, 1.54) is 7.11 Å². The van der Waals surface area contributed by atoms with Crippen LogP contribution in [0.1, 0.15) is 12.0 Å². The van der Waals surface area contributed by atoms with Crippen molar-refractivity contribution in [3.05, 3.63) is 35.9 Å². The van der Waals surface area contributed by atoms with E-state index in [9.17, 15) is 9.59 Å². The standard InChI is InChI=1S/C11H15NO2.C3H8N2O/c1-12-10(11(13)14-2)8-9-6-4-3-5-7-9;4-3(5)1-2-6/h3-7,10,12H,8H2,1-2H3;2-3H,1,4-5H2. The molecule has 0 aliphatic heterocycles. The van der Waals surface area contributed by atoms with E-state index < -0.39 is 6.17 Å². The molecule has 0 amide bonds. The number of benzene rings is 1. The zero-order valence-corrected chi connectivity index (χ0v) is 11.9. The molecule has 20 heavy (non-hydrogen) atoms. The summed E-state index contributed by atoms with van der Waals surface area (Å²) in [7, 11) is 3.15. The lowest BCUT2D eigenvalue weighted by Crippen LogP contribution is -2.36. The molecule has 6 heteroatoms. The molecule has 0 saturated heterocycles. The molecule has 6 nitrogen and oxygen atoms in total. The molecular formula is C14H23N3O3. The zero-order valence-electron chi connectivity index (χ0n) is 11.9. The maximum atomic E-state index is 11.3. The van der Waals surface area contributed by atoms with Crippen LogP contribution in [0.25, 0.3) is 0 Å². The molecule has 0 aromatic heterocycles. The lowest BCUT2D eigenvalue weighted by atomic mass is 10.1. The van der Waals surface area contributed by atoms with E-state index in [0.29, 0.717) is 12.7 Å². The van der Waals surface area contributed by atoms with Gasteiger partial charge in [-0.3, -0.25) is 4.79 Å². The van der Waals surface area contributed by atoms with E-state index in [2.05, 4.69) is 10.1 Å². The highest BCUT2D eigenvalue weighted by atomic mass is 16.5. The minimum atomic E-state index is -0.470. The van der Waals surface area contributed by atoms with Crippen LogP contribution in [0.2, 0.25) is 0 Å². The van der Waals surface area contributed by atoms with E-state index in [-0.39, 0.29) is 18.4 Å². The van der Waals surface area contributed by atoms with E-state index in [0.717, 1.165) is 5.56 Å². The van der Waals surface area contributed by atoms with Gasteiger partial charge in [-0.1, -0.05) is 30.3 Å². The number of ether oxygens (including phenoxy) is 1. The molecule has 0 fully saturated rings. The Balaban J connectivity index is 0.000000511. The number of likely N-dealkylation sites (N-methyl/N-ethyl adjacent to an activating group) is 1. The summed E-state index contributed by atoms with van der Waals surface area (Å²) in [5.41, 5.74) is 11.0. The van der Waals surface area contributed by atoms with Crippen LogP contribution in [0, 0.1) is 0 Å². The number of nitrogens with one attached hydrogen (secondary N) is 1. The first-order chi connectivity index (χ1) is 9.54. The summed E-state index contributed by atoms with van der Waals surface area (Å²) < 4.78 is 4.67. The average molecular weight is 281 g/mol. The second-order valence-electron chi connectivity index (χ2n) is 4.12. The lowest BCUT2D eigenvalue weighted by molar-refractivity contribution is -0.142. The third-order valence-corrected chi connectivity index (χ3v) is 2.49. The first kappa shape index (κ1) is 18.2. The second-order valence-corrected chi connectivity index (χ2v) is 4.12. The summed E-state index contributed by atoms with van der Waals surface area (Å²) in [4.78, 5) is 20.7. The Labute approximate surface area is 119 Å². The Morgan fingerprint density at radius 2 is 1.95 bits per heavy atom. The molecule has 0 spiro atoms. The highest BCUT2D eigenvalue weighted by Crippen LogP contribution is 2.03. The fraction of sp³-hybridized carbons (Fsp3) is 0.429. The zero-order chi connectivity index (χ0) is 15.4. The summed E-state index contributed by atoms with van der Waals surface area (Å²) >= 11 is 0. The molecule has 112 valence electrons. The summed E-state index contributed by atoms with van der Waals surface area (Å²) in [6.07, 6.45) is 1.14. The molecule has 1 atom stereocenters. The van der Waals surface area contributed by atoms with Crippen LogP contribution in [0.3, 0.4) is 0 Å². The van der Waals surface area contributed by atoms with Crippen molar-refractivity contribution in [2.75, 3.05) is 14.2 Å². The van der Waals surface area contributed by atoms with Gasteiger partial charge >= 0.3 is 5.97 Å². The molecule has 0 bridgehead atoms. The molecule has 0 aliphatic rings. The highest BCUT2D eigenvalue weighted by molar-refractivity contribution is 5.76. The van der Waals surface area contributed by atoms with Gasteiger partial charge in [-0.05, 0) is 19.0 Å². The second kappa shape index (κ2) is 11.1. The summed E-state index contributed by atoms with van der Waals surface area (Å²) in [6.45, 7) is 0. The van der Waals surface area contributed by atoms with E-state index in [1.807, 2.05) is 30.3 Å². The van der Waals surface area contributed by atoms with Crippen molar-refractivity contribution >= 4 is 12.3 Å².